The van der Waals surface area contributed by atoms with E-state index in [1.165, 1.54) is 7.11 Å². The molecule has 0 N–H and O–H groups in total. The van der Waals surface area contributed by atoms with Crippen molar-refractivity contribution in [3.63, 3.8) is 0 Å². The lowest BCUT2D eigenvalue weighted by Crippen LogP contribution is -2.37. The van der Waals surface area contributed by atoms with Crippen molar-refractivity contribution >= 4 is 17.7 Å². The van der Waals surface area contributed by atoms with Crippen molar-refractivity contribution in [1.82, 2.24) is 0 Å². The average molecular weight is 256 g/mol. The topological polar surface area (TPSA) is 69.7 Å². The maximum atomic E-state index is 12.0. The molecular formula is C13H20O5. The van der Waals surface area contributed by atoms with Crippen LogP contribution in [0.5, 0.6) is 0 Å². The Morgan fingerprint density at radius 1 is 1.39 bits per heavy atom. The van der Waals surface area contributed by atoms with Gasteiger partial charge in [0.15, 0.2) is 0 Å². The van der Waals surface area contributed by atoms with Crippen molar-refractivity contribution in [2.75, 3.05) is 13.7 Å². The summed E-state index contributed by atoms with van der Waals surface area (Å²) in [5.74, 6) is -0.803. The van der Waals surface area contributed by atoms with Gasteiger partial charge in [-0.05, 0) is 32.6 Å². The first-order valence-corrected chi connectivity index (χ1v) is 6.34. The third kappa shape index (κ3) is 3.09. The van der Waals surface area contributed by atoms with Crippen LogP contribution in [-0.4, -0.2) is 31.4 Å². The lowest BCUT2D eigenvalue weighted by atomic mass is 9.80. The van der Waals surface area contributed by atoms with E-state index in [-0.39, 0.29) is 24.8 Å². The summed E-state index contributed by atoms with van der Waals surface area (Å²) in [6.45, 7) is 1.99. The molecular weight excluding hydrogens is 236 g/mol. The largest absolute Gasteiger partial charge is 0.469 e. The zero-order chi connectivity index (χ0) is 13.6. The molecule has 0 aromatic heterocycles. The van der Waals surface area contributed by atoms with Crippen molar-refractivity contribution in [2.24, 2.45) is 5.41 Å². The first-order chi connectivity index (χ1) is 8.56. The second-order valence-electron chi connectivity index (χ2n) is 4.51. The second-order valence-corrected chi connectivity index (χ2v) is 4.51. The van der Waals surface area contributed by atoms with Crippen molar-refractivity contribution in [3.05, 3.63) is 0 Å². The molecule has 1 aliphatic rings. The highest BCUT2D eigenvalue weighted by atomic mass is 16.5. The molecule has 0 aromatic carbocycles. The summed E-state index contributed by atoms with van der Waals surface area (Å²) in [6.07, 6.45) is 2.75. The van der Waals surface area contributed by atoms with Crippen LogP contribution < -0.4 is 0 Å². The van der Waals surface area contributed by atoms with Crippen LogP contribution in [0.25, 0.3) is 0 Å². The van der Waals surface area contributed by atoms with Gasteiger partial charge in [0.1, 0.15) is 11.2 Å². The van der Waals surface area contributed by atoms with Gasteiger partial charge in [0.25, 0.3) is 0 Å². The van der Waals surface area contributed by atoms with Crippen LogP contribution in [0, 0.1) is 5.41 Å². The van der Waals surface area contributed by atoms with Crippen LogP contribution in [0.3, 0.4) is 0 Å². The number of Topliss-reactive ketones (excluding diaryl/α,β-unsaturated/α-hetero) is 1. The first-order valence-electron chi connectivity index (χ1n) is 6.34. The molecule has 18 heavy (non-hydrogen) atoms. The molecule has 1 saturated carbocycles. The van der Waals surface area contributed by atoms with Crippen LogP contribution in [0.4, 0.5) is 0 Å². The molecule has 1 aliphatic carbocycles. The van der Waals surface area contributed by atoms with Gasteiger partial charge in [0.05, 0.1) is 13.7 Å². The molecule has 0 aromatic rings. The third-order valence-corrected chi connectivity index (χ3v) is 3.42. The summed E-state index contributed by atoms with van der Waals surface area (Å²) in [5.41, 5.74) is -1.01. The van der Waals surface area contributed by atoms with E-state index in [4.69, 9.17) is 4.74 Å². The van der Waals surface area contributed by atoms with Gasteiger partial charge in [-0.15, -0.1) is 0 Å². The Balaban J connectivity index is 2.64. The molecule has 1 atom stereocenters. The number of hydrogen-bond acceptors (Lipinski definition) is 5. The number of esters is 2. The van der Waals surface area contributed by atoms with E-state index in [0.29, 0.717) is 25.7 Å². The van der Waals surface area contributed by atoms with E-state index < -0.39 is 11.4 Å². The van der Waals surface area contributed by atoms with Crippen molar-refractivity contribution < 1.29 is 23.9 Å². The summed E-state index contributed by atoms with van der Waals surface area (Å²) in [6, 6.07) is 0. The summed E-state index contributed by atoms with van der Waals surface area (Å²) in [5, 5.41) is 0. The highest BCUT2D eigenvalue weighted by molar-refractivity contribution is 6.05. The lowest BCUT2D eigenvalue weighted by molar-refractivity contribution is -0.159. The Hall–Kier alpha value is -1.39. The molecule has 0 bridgehead atoms. The summed E-state index contributed by atoms with van der Waals surface area (Å²) in [4.78, 5) is 34.9. The van der Waals surface area contributed by atoms with Gasteiger partial charge in [0.2, 0.25) is 0 Å². The molecule has 1 fully saturated rings. The van der Waals surface area contributed by atoms with E-state index in [1.807, 2.05) is 0 Å². The SMILES string of the molecule is CCOC(=O)C1(CCCC(=O)OC)CCCC1=O. The standard InChI is InChI=1S/C13H20O5/c1-3-18-12(16)13(8-4-6-10(13)14)9-5-7-11(15)17-2/h3-9H2,1-2H3. The molecule has 102 valence electrons. The molecule has 1 rings (SSSR count). The molecule has 0 amide bonds. The average Bonchev–Trinajstić information content (AvgIpc) is 2.72. The van der Waals surface area contributed by atoms with E-state index >= 15 is 0 Å². The molecule has 0 spiro atoms. The predicted octanol–water partition coefficient (Wildman–Crippen LogP) is 1.63. The molecule has 5 nitrogen and oxygen atoms in total. The maximum absolute atomic E-state index is 12.0. The number of ketones is 1. The highest BCUT2D eigenvalue weighted by Crippen LogP contribution is 2.40. The van der Waals surface area contributed by atoms with Gasteiger partial charge in [-0.25, -0.2) is 0 Å². The minimum atomic E-state index is -1.01. The number of carbonyl (C=O) groups excluding carboxylic acids is 3. The molecule has 0 saturated heterocycles. The Morgan fingerprint density at radius 2 is 2.11 bits per heavy atom. The molecule has 5 heteroatoms. The number of ether oxygens (including phenoxy) is 2. The van der Waals surface area contributed by atoms with Crippen molar-refractivity contribution in [3.8, 4) is 0 Å². The zero-order valence-electron chi connectivity index (χ0n) is 11.0. The summed E-state index contributed by atoms with van der Waals surface area (Å²) < 4.78 is 9.55. The minimum Gasteiger partial charge on any atom is -0.469 e. The number of hydrogen-bond donors (Lipinski definition) is 0. The Bertz CT molecular complexity index is 336. The predicted molar refractivity (Wildman–Crippen MR) is 63.8 cm³/mol. The first kappa shape index (κ1) is 14.7. The van der Waals surface area contributed by atoms with Crippen LogP contribution >= 0.6 is 0 Å². The Labute approximate surface area is 107 Å². The van der Waals surface area contributed by atoms with Crippen molar-refractivity contribution in [1.29, 1.82) is 0 Å². The molecule has 0 aliphatic heterocycles. The van der Waals surface area contributed by atoms with Crippen LogP contribution in [-0.2, 0) is 23.9 Å². The fourth-order valence-electron chi connectivity index (χ4n) is 2.42. The zero-order valence-corrected chi connectivity index (χ0v) is 11.0. The molecule has 0 heterocycles. The van der Waals surface area contributed by atoms with Gasteiger partial charge in [-0.2, -0.15) is 0 Å². The van der Waals surface area contributed by atoms with Crippen LogP contribution in [0.1, 0.15) is 45.4 Å². The highest BCUT2D eigenvalue weighted by Gasteiger charge is 2.49. The van der Waals surface area contributed by atoms with Gasteiger partial charge >= 0.3 is 11.9 Å². The summed E-state index contributed by atoms with van der Waals surface area (Å²) >= 11 is 0. The molecule has 1 unspecified atom stereocenters. The van der Waals surface area contributed by atoms with Gasteiger partial charge < -0.3 is 9.47 Å². The van der Waals surface area contributed by atoms with E-state index in [9.17, 15) is 14.4 Å². The quantitative estimate of drug-likeness (QED) is 0.533. The fraction of sp³-hybridized carbons (Fsp3) is 0.769. The fourth-order valence-corrected chi connectivity index (χ4v) is 2.42. The Kier molecular flexibility index (Phi) is 5.31. The normalized spacial score (nSPS) is 22.9. The van der Waals surface area contributed by atoms with Gasteiger partial charge in [-0.3, -0.25) is 14.4 Å². The van der Waals surface area contributed by atoms with Gasteiger partial charge in [0, 0.05) is 12.8 Å². The van der Waals surface area contributed by atoms with Crippen LogP contribution in [0.15, 0.2) is 0 Å². The van der Waals surface area contributed by atoms with Crippen LogP contribution in [0.2, 0.25) is 0 Å². The van der Waals surface area contributed by atoms with Gasteiger partial charge in [-0.1, -0.05) is 0 Å². The second kappa shape index (κ2) is 6.52. The monoisotopic (exact) mass is 256 g/mol. The summed E-state index contributed by atoms with van der Waals surface area (Å²) in [7, 11) is 1.32. The van der Waals surface area contributed by atoms with Crippen molar-refractivity contribution in [2.45, 2.75) is 45.4 Å². The Morgan fingerprint density at radius 3 is 2.61 bits per heavy atom. The van der Waals surface area contributed by atoms with E-state index in [0.717, 1.165) is 6.42 Å². The maximum Gasteiger partial charge on any atom is 0.319 e. The third-order valence-electron chi connectivity index (χ3n) is 3.42. The van der Waals surface area contributed by atoms with E-state index in [2.05, 4.69) is 4.74 Å². The number of methoxy groups -OCH3 is 1. The lowest BCUT2D eigenvalue weighted by Gasteiger charge is -2.24. The molecule has 0 radical (unpaired) electrons. The minimum absolute atomic E-state index is 0.0502. The number of rotatable bonds is 6. The number of carbonyl (C=O) groups is 3. The smallest absolute Gasteiger partial charge is 0.319 e. The van der Waals surface area contributed by atoms with E-state index in [1.54, 1.807) is 6.92 Å².